The maximum absolute atomic E-state index is 12.2. The van der Waals surface area contributed by atoms with E-state index in [0.717, 1.165) is 17.5 Å². The second kappa shape index (κ2) is 9.08. The number of aromatic nitrogens is 1. The molecule has 0 aliphatic rings. The average Bonchev–Trinajstić information content (AvgIpc) is 2.63. The van der Waals surface area contributed by atoms with Crippen molar-refractivity contribution >= 4 is 23.6 Å². The monoisotopic (exact) mass is 360 g/mol. The van der Waals surface area contributed by atoms with Crippen molar-refractivity contribution in [2.24, 2.45) is 0 Å². The van der Waals surface area contributed by atoms with Gasteiger partial charge in [-0.1, -0.05) is 17.7 Å². The Bertz CT molecular complexity index is 762. The largest absolute Gasteiger partial charge is 0.493 e. The molecule has 0 saturated carbocycles. The molecule has 0 fully saturated rings. The third kappa shape index (κ3) is 5.50. The summed E-state index contributed by atoms with van der Waals surface area (Å²) in [5, 5.41) is 0.538. The van der Waals surface area contributed by atoms with Crippen molar-refractivity contribution < 1.29 is 14.3 Å². The van der Waals surface area contributed by atoms with Crippen molar-refractivity contribution in [1.29, 1.82) is 0 Å². The first kappa shape index (κ1) is 18.8. The van der Waals surface area contributed by atoms with Crippen molar-refractivity contribution in [2.45, 2.75) is 6.42 Å². The molecule has 0 N–H and O–H groups in total. The molecule has 5 nitrogen and oxygen atoms in total. The molecule has 2 aromatic rings. The van der Waals surface area contributed by atoms with Gasteiger partial charge in [0.25, 0.3) is 0 Å². The molecule has 0 radical (unpaired) electrons. The van der Waals surface area contributed by atoms with Crippen molar-refractivity contribution in [1.82, 2.24) is 9.88 Å². The van der Waals surface area contributed by atoms with Crippen LogP contribution in [0.4, 0.5) is 0 Å². The van der Waals surface area contributed by atoms with Crippen LogP contribution < -0.4 is 9.47 Å². The first-order valence-electron chi connectivity index (χ1n) is 7.78. The first-order chi connectivity index (χ1) is 12.0. The number of carbonyl (C=O) groups is 1. The van der Waals surface area contributed by atoms with Gasteiger partial charge in [-0.15, -0.1) is 0 Å². The van der Waals surface area contributed by atoms with Crippen molar-refractivity contribution in [3.8, 4) is 11.5 Å². The zero-order chi connectivity index (χ0) is 18.2. The van der Waals surface area contributed by atoms with Gasteiger partial charge in [0.2, 0.25) is 5.91 Å². The standard InChI is InChI=1S/C19H21ClN2O3/c1-22(19(23)7-5-15-10-16(20)13-21-12-15)9-8-14-4-6-17(24-2)18(11-14)25-3/h4-7,10-13H,8-9H2,1-3H3/b7-5+. The van der Waals surface area contributed by atoms with Crippen LogP contribution in [0.3, 0.4) is 0 Å². The molecule has 1 amide bonds. The number of benzene rings is 1. The van der Waals surface area contributed by atoms with Crippen LogP contribution in [0.2, 0.25) is 5.02 Å². The summed E-state index contributed by atoms with van der Waals surface area (Å²) in [6, 6.07) is 7.50. The van der Waals surface area contributed by atoms with E-state index in [1.165, 1.54) is 6.08 Å². The number of hydrogen-bond acceptors (Lipinski definition) is 4. The third-order valence-corrected chi connectivity index (χ3v) is 3.91. The van der Waals surface area contributed by atoms with Crippen molar-refractivity contribution in [3.63, 3.8) is 0 Å². The summed E-state index contributed by atoms with van der Waals surface area (Å²) in [6.45, 7) is 0.590. The Hall–Kier alpha value is -2.53. The van der Waals surface area contributed by atoms with Gasteiger partial charge in [0.15, 0.2) is 11.5 Å². The molecule has 132 valence electrons. The predicted octanol–water partition coefficient (Wildman–Crippen LogP) is 3.47. The average molecular weight is 361 g/mol. The Balaban J connectivity index is 1.93. The molecule has 1 aromatic carbocycles. The minimum atomic E-state index is -0.0829. The normalized spacial score (nSPS) is 10.7. The van der Waals surface area contributed by atoms with Crippen LogP contribution >= 0.6 is 11.6 Å². The maximum Gasteiger partial charge on any atom is 0.246 e. The quantitative estimate of drug-likeness (QED) is 0.709. The highest BCUT2D eigenvalue weighted by atomic mass is 35.5. The van der Waals surface area contributed by atoms with Gasteiger partial charge in [-0.3, -0.25) is 9.78 Å². The molecule has 0 saturated heterocycles. The number of hydrogen-bond donors (Lipinski definition) is 0. The van der Waals surface area contributed by atoms with E-state index in [1.807, 2.05) is 18.2 Å². The molecule has 0 unspecified atom stereocenters. The molecule has 6 heteroatoms. The maximum atomic E-state index is 12.2. The zero-order valence-corrected chi connectivity index (χ0v) is 15.3. The summed E-state index contributed by atoms with van der Waals surface area (Å²) < 4.78 is 10.5. The topological polar surface area (TPSA) is 51.7 Å². The van der Waals surface area contributed by atoms with E-state index >= 15 is 0 Å². The second-order valence-corrected chi connectivity index (χ2v) is 5.91. The minimum Gasteiger partial charge on any atom is -0.493 e. The molecule has 2 rings (SSSR count). The highest BCUT2D eigenvalue weighted by Gasteiger charge is 2.08. The number of likely N-dealkylation sites (N-methyl/N-ethyl adjacent to an activating group) is 1. The summed E-state index contributed by atoms with van der Waals surface area (Å²) in [5.41, 5.74) is 1.86. The molecular weight excluding hydrogens is 340 g/mol. The van der Waals surface area contributed by atoms with Crippen molar-refractivity contribution in [2.75, 3.05) is 27.8 Å². The summed E-state index contributed by atoms with van der Waals surface area (Å²) in [5.74, 6) is 1.29. The highest BCUT2D eigenvalue weighted by Crippen LogP contribution is 2.27. The van der Waals surface area contributed by atoms with Gasteiger partial charge in [0.1, 0.15) is 0 Å². The summed E-state index contributed by atoms with van der Waals surface area (Å²) in [7, 11) is 4.97. The van der Waals surface area contributed by atoms with Crippen LogP contribution in [0.5, 0.6) is 11.5 Å². The molecule has 0 bridgehead atoms. The Morgan fingerprint density at radius 3 is 2.64 bits per heavy atom. The molecule has 25 heavy (non-hydrogen) atoms. The fourth-order valence-corrected chi connectivity index (χ4v) is 2.44. The minimum absolute atomic E-state index is 0.0829. The van der Waals surface area contributed by atoms with Crippen LogP contribution in [0.25, 0.3) is 6.08 Å². The van der Waals surface area contributed by atoms with Crippen LogP contribution in [-0.4, -0.2) is 43.6 Å². The molecule has 0 aliphatic heterocycles. The van der Waals surface area contributed by atoms with Crippen LogP contribution in [0.1, 0.15) is 11.1 Å². The van der Waals surface area contributed by atoms with Crippen LogP contribution in [0.15, 0.2) is 42.7 Å². The van der Waals surface area contributed by atoms with Gasteiger partial charge in [0, 0.05) is 32.1 Å². The van der Waals surface area contributed by atoms with E-state index in [1.54, 1.807) is 50.7 Å². The number of nitrogens with zero attached hydrogens (tertiary/aromatic N) is 2. The lowest BCUT2D eigenvalue weighted by atomic mass is 10.1. The fraction of sp³-hybridized carbons (Fsp3) is 0.263. The van der Waals surface area contributed by atoms with Crippen LogP contribution in [0, 0.1) is 0 Å². The predicted molar refractivity (Wildman–Crippen MR) is 99.2 cm³/mol. The van der Waals surface area contributed by atoms with E-state index in [4.69, 9.17) is 21.1 Å². The molecule has 1 aromatic heterocycles. The highest BCUT2D eigenvalue weighted by molar-refractivity contribution is 6.30. The number of amides is 1. The van der Waals surface area contributed by atoms with Gasteiger partial charge in [-0.05, 0) is 41.8 Å². The Morgan fingerprint density at radius 1 is 1.20 bits per heavy atom. The number of methoxy groups -OCH3 is 2. The first-order valence-corrected chi connectivity index (χ1v) is 8.16. The van der Waals surface area contributed by atoms with E-state index in [-0.39, 0.29) is 5.91 Å². The number of pyridine rings is 1. The van der Waals surface area contributed by atoms with E-state index < -0.39 is 0 Å². The third-order valence-electron chi connectivity index (χ3n) is 3.70. The number of ether oxygens (including phenoxy) is 2. The lowest BCUT2D eigenvalue weighted by Gasteiger charge is -2.16. The van der Waals surface area contributed by atoms with Gasteiger partial charge in [-0.25, -0.2) is 0 Å². The van der Waals surface area contributed by atoms with Gasteiger partial charge in [-0.2, -0.15) is 0 Å². The zero-order valence-electron chi connectivity index (χ0n) is 14.5. The Kier molecular flexibility index (Phi) is 6.83. The summed E-state index contributed by atoms with van der Waals surface area (Å²) >= 11 is 5.88. The van der Waals surface area contributed by atoms with Crippen LogP contribution in [-0.2, 0) is 11.2 Å². The summed E-state index contributed by atoms with van der Waals surface area (Å²) in [6.07, 6.45) is 7.14. The lowest BCUT2D eigenvalue weighted by Crippen LogP contribution is -2.27. The molecule has 0 spiro atoms. The fourth-order valence-electron chi connectivity index (χ4n) is 2.26. The molecular formula is C19H21ClN2O3. The van der Waals surface area contributed by atoms with Gasteiger partial charge in [0.05, 0.1) is 19.2 Å². The SMILES string of the molecule is COc1ccc(CCN(C)C(=O)/C=C/c2cncc(Cl)c2)cc1OC. The molecule has 0 aliphatic carbocycles. The van der Waals surface area contributed by atoms with Crippen molar-refractivity contribution in [3.05, 3.63) is 58.9 Å². The van der Waals surface area contributed by atoms with Gasteiger partial charge >= 0.3 is 0 Å². The number of halogens is 1. The van der Waals surface area contributed by atoms with E-state index in [0.29, 0.717) is 23.1 Å². The number of rotatable bonds is 7. The smallest absolute Gasteiger partial charge is 0.246 e. The van der Waals surface area contributed by atoms with Gasteiger partial charge < -0.3 is 14.4 Å². The van der Waals surface area contributed by atoms with E-state index in [9.17, 15) is 4.79 Å². The number of carbonyl (C=O) groups excluding carboxylic acids is 1. The van der Waals surface area contributed by atoms with E-state index in [2.05, 4.69) is 4.98 Å². The summed E-state index contributed by atoms with van der Waals surface area (Å²) in [4.78, 5) is 17.8. The Morgan fingerprint density at radius 2 is 1.96 bits per heavy atom. The lowest BCUT2D eigenvalue weighted by molar-refractivity contribution is -0.124. The molecule has 1 heterocycles. The molecule has 0 atom stereocenters. The second-order valence-electron chi connectivity index (χ2n) is 5.47. The Labute approximate surface area is 152 Å².